The van der Waals surface area contributed by atoms with Gasteiger partial charge in [-0.05, 0) is 25.0 Å². The van der Waals surface area contributed by atoms with Crippen LogP contribution in [0.15, 0.2) is 29.2 Å². The van der Waals surface area contributed by atoms with Gasteiger partial charge in [-0.2, -0.15) is 0 Å². The van der Waals surface area contributed by atoms with Gasteiger partial charge in [0.2, 0.25) is 5.91 Å². The van der Waals surface area contributed by atoms with Crippen molar-refractivity contribution < 1.29 is 13.2 Å². The van der Waals surface area contributed by atoms with Gasteiger partial charge in [0.05, 0.1) is 4.90 Å². The molecule has 4 nitrogen and oxygen atoms in total. The van der Waals surface area contributed by atoms with Crippen molar-refractivity contribution in [1.82, 2.24) is 4.72 Å². The van der Waals surface area contributed by atoms with Crippen molar-refractivity contribution in [2.45, 2.75) is 31.6 Å². The molecule has 0 aliphatic rings. The van der Waals surface area contributed by atoms with Crippen LogP contribution in [-0.4, -0.2) is 14.3 Å². The lowest BCUT2D eigenvalue weighted by Gasteiger charge is -2.08. The van der Waals surface area contributed by atoms with Crippen LogP contribution in [0.25, 0.3) is 0 Å². The number of carbonyl (C=O) groups is 1. The molecule has 16 heavy (non-hydrogen) atoms. The van der Waals surface area contributed by atoms with E-state index < -0.39 is 15.9 Å². The molecule has 0 atom stereocenters. The van der Waals surface area contributed by atoms with Gasteiger partial charge in [-0.3, -0.25) is 4.79 Å². The predicted octanol–water partition coefficient (Wildman–Crippen LogP) is 1.60. The number of hydrogen-bond donors (Lipinski definition) is 1. The number of hydrogen-bond acceptors (Lipinski definition) is 3. The van der Waals surface area contributed by atoms with Crippen LogP contribution in [0.2, 0.25) is 0 Å². The molecule has 0 aliphatic carbocycles. The molecule has 1 rings (SSSR count). The first-order chi connectivity index (χ1) is 7.47. The first-order valence-electron chi connectivity index (χ1n) is 5.08. The average Bonchev–Trinajstić information content (AvgIpc) is 2.17. The fourth-order valence-electron chi connectivity index (χ4n) is 1.34. The second-order valence-electron chi connectivity index (χ2n) is 3.54. The Morgan fingerprint density at radius 1 is 1.31 bits per heavy atom. The standard InChI is InChI=1S/C11H15NO3S/c1-3-6-11(13)12-16(14,15)10-8-5-4-7-9(10)2/h4-5,7-8H,3,6H2,1-2H3,(H,12,13). The molecule has 0 aromatic heterocycles. The molecular weight excluding hydrogens is 226 g/mol. The van der Waals surface area contributed by atoms with Crippen LogP contribution < -0.4 is 4.72 Å². The Morgan fingerprint density at radius 3 is 2.50 bits per heavy atom. The van der Waals surface area contributed by atoms with E-state index in [1.807, 2.05) is 11.6 Å². The third-order valence-corrected chi connectivity index (χ3v) is 3.64. The lowest BCUT2D eigenvalue weighted by Crippen LogP contribution is -2.30. The molecule has 1 aromatic rings. The smallest absolute Gasteiger partial charge is 0.264 e. The molecule has 88 valence electrons. The summed E-state index contributed by atoms with van der Waals surface area (Å²) in [6.07, 6.45) is 0.834. The molecule has 0 saturated carbocycles. The van der Waals surface area contributed by atoms with E-state index in [9.17, 15) is 13.2 Å². The normalized spacial score (nSPS) is 11.1. The summed E-state index contributed by atoms with van der Waals surface area (Å²) in [5, 5.41) is 0. The third kappa shape index (κ3) is 3.06. The highest BCUT2D eigenvalue weighted by molar-refractivity contribution is 7.90. The fourth-order valence-corrected chi connectivity index (χ4v) is 2.60. The summed E-state index contributed by atoms with van der Waals surface area (Å²) in [5.74, 6) is -0.467. The maximum absolute atomic E-state index is 11.8. The van der Waals surface area contributed by atoms with Crippen molar-refractivity contribution in [2.75, 3.05) is 0 Å². The van der Waals surface area contributed by atoms with Crippen molar-refractivity contribution in [2.24, 2.45) is 0 Å². The van der Waals surface area contributed by atoms with Crippen LogP contribution in [0.1, 0.15) is 25.3 Å². The van der Waals surface area contributed by atoms with Crippen molar-refractivity contribution in [3.8, 4) is 0 Å². The zero-order chi connectivity index (χ0) is 12.2. The molecule has 0 unspecified atom stereocenters. The zero-order valence-electron chi connectivity index (χ0n) is 9.36. The van der Waals surface area contributed by atoms with E-state index in [0.717, 1.165) is 0 Å². The third-order valence-electron chi connectivity index (χ3n) is 2.11. The van der Waals surface area contributed by atoms with E-state index >= 15 is 0 Å². The second-order valence-corrected chi connectivity index (χ2v) is 5.19. The number of carbonyl (C=O) groups excluding carboxylic acids is 1. The maximum Gasteiger partial charge on any atom is 0.264 e. The van der Waals surface area contributed by atoms with Crippen LogP contribution >= 0.6 is 0 Å². The highest BCUT2D eigenvalue weighted by atomic mass is 32.2. The Hall–Kier alpha value is -1.36. The summed E-state index contributed by atoms with van der Waals surface area (Å²) in [7, 11) is -3.71. The minimum Gasteiger partial charge on any atom is -0.274 e. The van der Waals surface area contributed by atoms with Crippen molar-refractivity contribution in [3.05, 3.63) is 29.8 Å². The summed E-state index contributed by atoms with van der Waals surface area (Å²) in [6.45, 7) is 3.51. The van der Waals surface area contributed by atoms with Gasteiger partial charge in [-0.25, -0.2) is 13.1 Å². The van der Waals surface area contributed by atoms with Gasteiger partial charge in [0.25, 0.3) is 10.0 Å². The van der Waals surface area contributed by atoms with Crippen molar-refractivity contribution in [3.63, 3.8) is 0 Å². The van der Waals surface area contributed by atoms with Gasteiger partial charge < -0.3 is 0 Å². The molecule has 0 bridgehead atoms. The first-order valence-corrected chi connectivity index (χ1v) is 6.57. The highest BCUT2D eigenvalue weighted by Crippen LogP contribution is 2.13. The number of rotatable bonds is 4. The fraction of sp³-hybridized carbons (Fsp3) is 0.364. The van der Waals surface area contributed by atoms with E-state index in [4.69, 9.17) is 0 Å². The van der Waals surface area contributed by atoms with Crippen LogP contribution in [0, 0.1) is 6.92 Å². The summed E-state index contributed by atoms with van der Waals surface area (Å²) < 4.78 is 25.7. The van der Waals surface area contributed by atoms with Crippen LogP contribution in [0.5, 0.6) is 0 Å². The van der Waals surface area contributed by atoms with Crippen LogP contribution in [0.4, 0.5) is 0 Å². The van der Waals surface area contributed by atoms with Gasteiger partial charge in [-0.15, -0.1) is 0 Å². The molecule has 5 heteroatoms. The van der Waals surface area contributed by atoms with Crippen molar-refractivity contribution in [1.29, 1.82) is 0 Å². The zero-order valence-corrected chi connectivity index (χ0v) is 10.2. The first kappa shape index (κ1) is 12.7. The van der Waals surface area contributed by atoms with Gasteiger partial charge in [0.1, 0.15) is 0 Å². The summed E-state index contributed by atoms with van der Waals surface area (Å²) in [4.78, 5) is 11.4. The molecule has 1 amide bonds. The maximum atomic E-state index is 11.8. The lowest BCUT2D eigenvalue weighted by molar-refractivity contribution is -0.119. The molecule has 0 radical (unpaired) electrons. The predicted molar refractivity (Wildman–Crippen MR) is 61.4 cm³/mol. The Bertz CT molecular complexity index is 480. The minimum atomic E-state index is -3.71. The molecule has 0 spiro atoms. The monoisotopic (exact) mass is 241 g/mol. The average molecular weight is 241 g/mol. The van der Waals surface area contributed by atoms with Gasteiger partial charge >= 0.3 is 0 Å². The van der Waals surface area contributed by atoms with E-state index in [1.54, 1.807) is 25.1 Å². The molecule has 0 aliphatic heterocycles. The summed E-state index contributed by atoms with van der Waals surface area (Å²) >= 11 is 0. The number of sulfonamides is 1. The van der Waals surface area contributed by atoms with Crippen LogP contribution in [-0.2, 0) is 14.8 Å². The topological polar surface area (TPSA) is 63.2 Å². The second kappa shape index (κ2) is 5.12. The quantitative estimate of drug-likeness (QED) is 0.870. The van der Waals surface area contributed by atoms with E-state index in [0.29, 0.717) is 12.0 Å². The van der Waals surface area contributed by atoms with Crippen molar-refractivity contribution >= 4 is 15.9 Å². The molecule has 0 fully saturated rings. The highest BCUT2D eigenvalue weighted by Gasteiger charge is 2.18. The number of aryl methyl sites for hydroxylation is 1. The number of amides is 1. The Morgan fingerprint density at radius 2 is 1.94 bits per heavy atom. The molecule has 1 N–H and O–H groups in total. The summed E-state index contributed by atoms with van der Waals surface area (Å²) in [6, 6.07) is 6.56. The largest absolute Gasteiger partial charge is 0.274 e. The van der Waals surface area contributed by atoms with Gasteiger partial charge in [0.15, 0.2) is 0 Å². The SMILES string of the molecule is CCCC(=O)NS(=O)(=O)c1ccccc1C. The van der Waals surface area contributed by atoms with Crippen LogP contribution in [0.3, 0.4) is 0 Å². The Balaban J connectivity index is 2.95. The minimum absolute atomic E-state index is 0.152. The van der Waals surface area contributed by atoms with E-state index in [2.05, 4.69) is 0 Å². The summed E-state index contributed by atoms with van der Waals surface area (Å²) in [5.41, 5.74) is 0.624. The Kier molecular flexibility index (Phi) is 4.06. The lowest BCUT2D eigenvalue weighted by atomic mass is 10.2. The van der Waals surface area contributed by atoms with E-state index in [1.165, 1.54) is 6.07 Å². The van der Waals surface area contributed by atoms with Gasteiger partial charge in [-0.1, -0.05) is 25.1 Å². The molecular formula is C11H15NO3S. The Labute approximate surface area is 95.7 Å². The number of nitrogens with one attached hydrogen (secondary N) is 1. The molecule has 1 aromatic carbocycles. The molecule has 0 saturated heterocycles. The number of benzene rings is 1. The van der Waals surface area contributed by atoms with Gasteiger partial charge in [0, 0.05) is 6.42 Å². The van der Waals surface area contributed by atoms with E-state index in [-0.39, 0.29) is 11.3 Å². The molecule has 0 heterocycles.